The van der Waals surface area contributed by atoms with E-state index in [1.54, 1.807) is 42.4 Å². The predicted molar refractivity (Wildman–Crippen MR) is 130 cm³/mol. The van der Waals surface area contributed by atoms with Gasteiger partial charge in [0.1, 0.15) is 17.2 Å². The van der Waals surface area contributed by atoms with E-state index in [4.69, 9.17) is 14.2 Å². The van der Waals surface area contributed by atoms with Crippen LogP contribution in [0.1, 0.15) is 28.4 Å². The van der Waals surface area contributed by atoms with E-state index in [1.807, 2.05) is 55.5 Å². The summed E-state index contributed by atoms with van der Waals surface area (Å²) in [5.74, 6) is 1.09. The molecule has 1 heterocycles. The standard InChI is InChI=1S/C27H24N2O5/c1-4-34-21-15-13-20(14-16-21)29-25(22-7-5-6-8-24(22)32-2)28-23(26(29)30)17-18-9-11-19(12-10-18)27(31)33-3/h5-17H,4H2,1-3H3/b23-17+. The quantitative estimate of drug-likeness (QED) is 0.380. The first kappa shape index (κ1) is 22.8. The zero-order chi connectivity index (χ0) is 24.1. The van der Waals surface area contributed by atoms with Crippen molar-refractivity contribution in [3.8, 4) is 11.5 Å². The van der Waals surface area contributed by atoms with Crippen molar-refractivity contribution < 1.29 is 23.8 Å². The van der Waals surface area contributed by atoms with Crippen molar-refractivity contribution in [3.05, 3.63) is 95.2 Å². The highest BCUT2D eigenvalue weighted by Crippen LogP contribution is 2.32. The number of amidine groups is 1. The summed E-state index contributed by atoms with van der Waals surface area (Å²) in [5.41, 5.74) is 2.77. The second kappa shape index (κ2) is 10.0. The van der Waals surface area contributed by atoms with Crippen molar-refractivity contribution in [2.24, 2.45) is 4.99 Å². The molecule has 1 amide bonds. The van der Waals surface area contributed by atoms with E-state index in [1.165, 1.54) is 7.11 Å². The third-order valence-corrected chi connectivity index (χ3v) is 5.25. The van der Waals surface area contributed by atoms with Crippen molar-refractivity contribution in [1.29, 1.82) is 0 Å². The topological polar surface area (TPSA) is 77.4 Å². The molecule has 0 unspecified atom stereocenters. The van der Waals surface area contributed by atoms with Gasteiger partial charge in [0.25, 0.3) is 5.91 Å². The van der Waals surface area contributed by atoms with E-state index in [-0.39, 0.29) is 11.6 Å². The number of hydrogen-bond acceptors (Lipinski definition) is 6. The summed E-state index contributed by atoms with van der Waals surface area (Å²) in [6.07, 6.45) is 1.69. The van der Waals surface area contributed by atoms with Crippen LogP contribution in [0.25, 0.3) is 6.08 Å². The van der Waals surface area contributed by atoms with E-state index < -0.39 is 5.97 Å². The van der Waals surface area contributed by atoms with Gasteiger partial charge in [0.15, 0.2) is 5.84 Å². The molecule has 0 fully saturated rings. The zero-order valence-electron chi connectivity index (χ0n) is 19.1. The molecule has 1 aliphatic rings. The van der Waals surface area contributed by atoms with Gasteiger partial charge >= 0.3 is 5.97 Å². The lowest BCUT2D eigenvalue weighted by molar-refractivity contribution is -0.113. The number of para-hydroxylation sites is 1. The fourth-order valence-corrected chi connectivity index (χ4v) is 3.62. The molecule has 34 heavy (non-hydrogen) atoms. The fraction of sp³-hybridized carbons (Fsp3) is 0.148. The maximum Gasteiger partial charge on any atom is 0.337 e. The van der Waals surface area contributed by atoms with Crippen molar-refractivity contribution in [2.45, 2.75) is 6.92 Å². The van der Waals surface area contributed by atoms with Gasteiger partial charge in [-0.3, -0.25) is 9.69 Å². The number of hydrogen-bond donors (Lipinski definition) is 0. The number of rotatable bonds is 7. The lowest BCUT2D eigenvalue weighted by Crippen LogP contribution is -2.32. The van der Waals surface area contributed by atoms with Crippen molar-refractivity contribution in [2.75, 3.05) is 25.7 Å². The Kier molecular flexibility index (Phi) is 6.73. The van der Waals surface area contributed by atoms with Gasteiger partial charge in [0.05, 0.1) is 37.6 Å². The molecule has 0 saturated carbocycles. The van der Waals surface area contributed by atoms with E-state index in [2.05, 4.69) is 4.99 Å². The number of nitrogens with zero attached hydrogens (tertiary/aromatic N) is 2. The summed E-state index contributed by atoms with van der Waals surface area (Å²) < 4.78 is 15.8. The van der Waals surface area contributed by atoms with Crippen LogP contribution in [0.2, 0.25) is 0 Å². The second-order valence-corrected chi connectivity index (χ2v) is 7.35. The number of anilines is 1. The zero-order valence-corrected chi connectivity index (χ0v) is 19.1. The second-order valence-electron chi connectivity index (χ2n) is 7.35. The van der Waals surface area contributed by atoms with Crippen LogP contribution in [0.3, 0.4) is 0 Å². The highest BCUT2D eigenvalue weighted by atomic mass is 16.5. The summed E-state index contributed by atoms with van der Waals surface area (Å²) in [5, 5.41) is 0. The monoisotopic (exact) mass is 456 g/mol. The molecule has 0 saturated heterocycles. The van der Waals surface area contributed by atoms with Crippen LogP contribution in [-0.2, 0) is 9.53 Å². The van der Waals surface area contributed by atoms with Crippen molar-refractivity contribution >= 4 is 29.5 Å². The number of aliphatic imine (C=N–C) groups is 1. The minimum Gasteiger partial charge on any atom is -0.496 e. The SMILES string of the molecule is CCOc1ccc(N2C(=O)/C(=C\c3ccc(C(=O)OC)cc3)N=C2c2ccccc2OC)cc1. The van der Waals surface area contributed by atoms with Crippen LogP contribution in [0.15, 0.2) is 83.5 Å². The minimum atomic E-state index is -0.422. The Morgan fingerprint density at radius 2 is 1.68 bits per heavy atom. The lowest BCUT2D eigenvalue weighted by Gasteiger charge is -2.20. The van der Waals surface area contributed by atoms with Gasteiger partial charge in [-0.25, -0.2) is 9.79 Å². The Morgan fingerprint density at radius 1 is 0.971 bits per heavy atom. The molecule has 1 aliphatic heterocycles. The van der Waals surface area contributed by atoms with Crippen molar-refractivity contribution in [1.82, 2.24) is 0 Å². The first-order valence-electron chi connectivity index (χ1n) is 10.7. The van der Waals surface area contributed by atoms with Gasteiger partial charge in [-0.15, -0.1) is 0 Å². The molecular weight excluding hydrogens is 432 g/mol. The number of methoxy groups -OCH3 is 2. The first-order valence-corrected chi connectivity index (χ1v) is 10.7. The number of esters is 1. The van der Waals surface area contributed by atoms with E-state index in [0.29, 0.717) is 35.0 Å². The smallest absolute Gasteiger partial charge is 0.337 e. The maximum absolute atomic E-state index is 13.5. The molecule has 0 aliphatic carbocycles. The molecule has 7 nitrogen and oxygen atoms in total. The molecule has 0 radical (unpaired) electrons. The summed E-state index contributed by atoms with van der Waals surface area (Å²) in [7, 11) is 2.91. The minimum absolute atomic E-state index is 0.264. The Labute approximate surface area is 197 Å². The molecule has 172 valence electrons. The van der Waals surface area contributed by atoms with Crippen LogP contribution in [-0.4, -0.2) is 38.5 Å². The summed E-state index contributed by atoms with van der Waals surface area (Å²) in [6.45, 7) is 2.47. The number of carbonyl (C=O) groups excluding carboxylic acids is 2. The maximum atomic E-state index is 13.5. The Bertz CT molecular complexity index is 1260. The average Bonchev–Trinajstić information content (AvgIpc) is 3.20. The molecule has 4 rings (SSSR count). The van der Waals surface area contributed by atoms with Gasteiger partial charge < -0.3 is 14.2 Å². The molecule has 0 atom stereocenters. The normalized spacial score (nSPS) is 14.2. The van der Waals surface area contributed by atoms with E-state index >= 15 is 0 Å². The van der Waals surface area contributed by atoms with Crippen LogP contribution < -0.4 is 14.4 Å². The summed E-state index contributed by atoms with van der Waals surface area (Å²) in [4.78, 5) is 31.5. The van der Waals surface area contributed by atoms with Gasteiger partial charge in [-0.2, -0.15) is 0 Å². The molecule has 3 aromatic carbocycles. The summed E-state index contributed by atoms with van der Waals surface area (Å²) in [6, 6.07) is 21.5. The molecule has 3 aromatic rings. The third kappa shape index (κ3) is 4.54. The molecule has 0 N–H and O–H groups in total. The number of ether oxygens (including phenoxy) is 3. The number of benzene rings is 3. The largest absolute Gasteiger partial charge is 0.496 e. The van der Waals surface area contributed by atoms with Crippen LogP contribution in [0.5, 0.6) is 11.5 Å². The van der Waals surface area contributed by atoms with Crippen LogP contribution in [0.4, 0.5) is 5.69 Å². The third-order valence-electron chi connectivity index (χ3n) is 5.25. The molecule has 7 heteroatoms. The Hall–Kier alpha value is -4.39. The van der Waals surface area contributed by atoms with E-state index in [9.17, 15) is 9.59 Å². The highest BCUT2D eigenvalue weighted by molar-refractivity contribution is 6.33. The number of amides is 1. The first-order chi connectivity index (χ1) is 16.5. The van der Waals surface area contributed by atoms with E-state index in [0.717, 1.165) is 11.3 Å². The average molecular weight is 456 g/mol. The molecule has 0 spiro atoms. The van der Waals surface area contributed by atoms with Crippen LogP contribution >= 0.6 is 0 Å². The van der Waals surface area contributed by atoms with Gasteiger partial charge in [0.2, 0.25) is 0 Å². The van der Waals surface area contributed by atoms with Crippen LogP contribution in [0, 0.1) is 0 Å². The van der Waals surface area contributed by atoms with Gasteiger partial charge in [-0.05, 0) is 67.1 Å². The Morgan fingerprint density at radius 3 is 2.32 bits per heavy atom. The molecular formula is C27H24N2O5. The molecule has 0 aromatic heterocycles. The Balaban J connectivity index is 1.77. The highest BCUT2D eigenvalue weighted by Gasteiger charge is 2.33. The predicted octanol–water partition coefficient (Wildman–Crippen LogP) is 4.72. The van der Waals surface area contributed by atoms with Crippen molar-refractivity contribution in [3.63, 3.8) is 0 Å². The molecule has 0 bridgehead atoms. The number of carbonyl (C=O) groups is 2. The summed E-state index contributed by atoms with van der Waals surface area (Å²) >= 11 is 0. The lowest BCUT2D eigenvalue weighted by atomic mass is 10.1. The van der Waals surface area contributed by atoms with Gasteiger partial charge in [-0.1, -0.05) is 24.3 Å². The fourth-order valence-electron chi connectivity index (χ4n) is 3.62. The van der Waals surface area contributed by atoms with Gasteiger partial charge in [0, 0.05) is 0 Å².